The first kappa shape index (κ1) is 12.9. The number of rotatable bonds is 4. The average Bonchev–Trinajstić information content (AvgIpc) is 2.81. The number of amides is 1. The van der Waals surface area contributed by atoms with Crippen molar-refractivity contribution in [2.75, 3.05) is 7.11 Å². The number of carbonyl (C=O) groups excluding carboxylic acids is 1. The molecular formula is C13H15N3O3. The zero-order valence-corrected chi connectivity index (χ0v) is 10.7. The van der Waals surface area contributed by atoms with E-state index in [-0.39, 0.29) is 17.2 Å². The first-order valence-corrected chi connectivity index (χ1v) is 5.76. The van der Waals surface area contributed by atoms with Gasteiger partial charge in [-0.15, -0.1) is 0 Å². The van der Waals surface area contributed by atoms with Gasteiger partial charge in [-0.25, -0.2) is 4.98 Å². The van der Waals surface area contributed by atoms with Crippen LogP contribution in [0.25, 0.3) is 0 Å². The van der Waals surface area contributed by atoms with Crippen LogP contribution >= 0.6 is 0 Å². The minimum Gasteiger partial charge on any atom is -0.507 e. The van der Waals surface area contributed by atoms with E-state index >= 15 is 0 Å². The molecule has 0 atom stereocenters. The lowest BCUT2D eigenvalue weighted by molar-refractivity contribution is 0.0947. The number of nitrogens with one attached hydrogen (secondary N) is 2. The SMILES string of the molecule is COc1ccc(C(=O)NCc2nc[nH]c2C)c(O)c1. The summed E-state index contributed by atoms with van der Waals surface area (Å²) < 4.78 is 4.96. The Kier molecular flexibility index (Phi) is 3.70. The van der Waals surface area contributed by atoms with Crippen LogP contribution in [0.15, 0.2) is 24.5 Å². The molecule has 2 aromatic rings. The summed E-state index contributed by atoms with van der Waals surface area (Å²) in [6.07, 6.45) is 1.57. The number of nitrogens with zero attached hydrogens (tertiary/aromatic N) is 1. The molecule has 0 aliphatic carbocycles. The van der Waals surface area contributed by atoms with Crippen LogP contribution in [0.3, 0.4) is 0 Å². The molecule has 1 aromatic carbocycles. The molecule has 0 aliphatic rings. The lowest BCUT2D eigenvalue weighted by atomic mass is 10.1. The molecule has 0 saturated carbocycles. The summed E-state index contributed by atoms with van der Waals surface area (Å²) in [7, 11) is 1.49. The van der Waals surface area contributed by atoms with Crippen molar-refractivity contribution >= 4 is 5.91 Å². The van der Waals surface area contributed by atoms with Crippen LogP contribution in [0.4, 0.5) is 0 Å². The quantitative estimate of drug-likeness (QED) is 0.775. The summed E-state index contributed by atoms with van der Waals surface area (Å²) in [4.78, 5) is 18.9. The molecule has 1 aromatic heterocycles. The predicted molar refractivity (Wildman–Crippen MR) is 69.2 cm³/mol. The van der Waals surface area contributed by atoms with Gasteiger partial charge < -0.3 is 20.1 Å². The zero-order valence-electron chi connectivity index (χ0n) is 10.7. The molecule has 0 radical (unpaired) electrons. The molecule has 0 unspecified atom stereocenters. The van der Waals surface area contributed by atoms with Gasteiger partial charge in [0, 0.05) is 11.8 Å². The molecular weight excluding hydrogens is 246 g/mol. The number of phenols is 1. The fraction of sp³-hybridized carbons (Fsp3) is 0.231. The Morgan fingerprint density at radius 2 is 2.32 bits per heavy atom. The van der Waals surface area contributed by atoms with Gasteiger partial charge in [0.1, 0.15) is 11.5 Å². The van der Waals surface area contributed by atoms with Gasteiger partial charge in [0.2, 0.25) is 0 Å². The van der Waals surface area contributed by atoms with E-state index in [2.05, 4.69) is 15.3 Å². The van der Waals surface area contributed by atoms with E-state index in [4.69, 9.17) is 4.74 Å². The third kappa shape index (κ3) is 2.85. The summed E-state index contributed by atoms with van der Waals surface area (Å²) >= 11 is 0. The number of phenolic OH excluding ortho intramolecular Hbond substituents is 1. The highest BCUT2D eigenvalue weighted by atomic mass is 16.5. The van der Waals surface area contributed by atoms with Crippen molar-refractivity contribution in [1.29, 1.82) is 0 Å². The van der Waals surface area contributed by atoms with Crippen molar-refractivity contribution in [1.82, 2.24) is 15.3 Å². The highest BCUT2D eigenvalue weighted by Gasteiger charge is 2.12. The minimum atomic E-state index is -0.359. The van der Waals surface area contributed by atoms with Gasteiger partial charge >= 0.3 is 0 Å². The summed E-state index contributed by atoms with van der Waals surface area (Å²) in [5.41, 5.74) is 1.87. The molecule has 3 N–H and O–H groups in total. The van der Waals surface area contributed by atoms with Gasteiger partial charge in [-0.3, -0.25) is 4.79 Å². The van der Waals surface area contributed by atoms with Gasteiger partial charge in [-0.05, 0) is 19.1 Å². The average molecular weight is 261 g/mol. The van der Waals surface area contributed by atoms with Crippen molar-refractivity contribution in [3.05, 3.63) is 41.5 Å². The van der Waals surface area contributed by atoms with Gasteiger partial charge in [-0.1, -0.05) is 0 Å². The Bertz CT molecular complexity index is 593. The number of ether oxygens (including phenoxy) is 1. The summed E-state index contributed by atoms with van der Waals surface area (Å²) in [5, 5.41) is 12.4. The third-order valence-corrected chi connectivity index (χ3v) is 2.80. The van der Waals surface area contributed by atoms with E-state index in [1.54, 1.807) is 12.4 Å². The fourth-order valence-corrected chi connectivity index (χ4v) is 1.66. The molecule has 1 amide bonds. The maximum atomic E-state index is 11.9. The molecule has 1 heterocycles. The number of aromatic amines is 1. The Morgan fingerprint density at radius 1 is 1.53 bits per heavy atom. The van der Waals surface area contributed by atoms with E-state index in [1.807, 2.05) is 6.92 Å². The van der Waals surface area contributed by atoms with E-state index in [0.717, 1.165) is 11.4 Å². The number of carbonyl (C=O) groups is 1. The van der Waals surface area contributed by atoms with Crippen molar-refractivity contribution in [2.45, 2.75) is 13.5 Å². The molecule has 6 nitrogen and oxygen atoms in total. The van der Waals surface area contributed by atoms with Gasteiger partial charge in [0.25, 0.3) is 5.91 Å². The van der Waals surface area contributed by atoms with Crippen LogP contribution < -0.4 is 10.1 Å². The molecule has 0 spiro atoms. The summed E-state index contributed by atoms with van der Waals surface area (Å²) in [6.45, 7) is 2.18. The summed E-state index contributed by atoms with van der Waals surface area (Å²) in [6, 6.07) is 4.53. The second-order valence-corrected chi connectivity index (χ2v) is 4.04. The number of aromatic hydroxyl groups is 1. The Morgan fingerprint density at radius 3 is 2.89 bits per heavy atom. The second-order valence-electron chi connectivity index (χ2n) is 4.04. The first-order valence-electron chi connectivity index (χ1n) is 5.76. The smallest absolute Gasteiger partial charge is 0.255 e. The van der Waals surface area contributed by atoms with Crippen LogP contribution in [0.1, 0.15) is 21.7 Å². The number of hydrogen-bond acceptors (Lipinski definition) is 4. The molecule has 100 valence electrons. The third-order valence-electron chi connectivity index (χ3n) is 2.80. The van der Waals surface area contributed by atoms with Crippen LogP contribution in [0, 0.1) is 6.92 Å². The number of H-pyrrole nitrogens is 1. The largest absolute Gasteiger partial charge is 0.507 e. The fourth-order valence-electron chi connectivity index (χ4n) is 1.66. The molecule has 0 fully saturated rings. The highest BCUT2D eigenvalue weighted by molar-refractivity contribution is 5.96. The standard InChI is InChI=1S/C13H15N3O3/c1-8-11(16-7-15-8)6-14-13(18)10-4-3-9(19-2)5-12(10)17/h3-5,7,17H,6H2,1-2H3,(H,14,18)(H,15,16). The normalized spacial score (nSPS) is 10.2. The number of aryl methyl sites for hydroxylation is 1. The second kappa shape index (κ2) is 5.43. The van der Waals surface area contributed by atoms with Gasteiger partial charge in [0.05, 0.1) is 31.2 Å². The Labute approximate surface area is 110 Å². The van der Waals surface area contributed by atoms with Crippen molar-refractivity contribution < 1.29 is 14.6 Å². The molecule has 6 heteroatoms. The van der Waals surface area contributed by atoms with E-state index in [9.17, 15) is 9.90 Å². The summed E-state index contributed by atoms with van der Waals surface area (Å²) in [5.74, 6) is 0.0235. The molecule has 0 saturated heterocycles. The number of benzene rings is 1. The number of hydrogen-bond donors (Lipinski definition) is 3. The van der Waals surface area contributed by atoms with E-state index < -0.39 is 0 Å². The van der Waals surface area contributed by atoms with Crippen molar-refractivity contribution in [3.63, 3.8) is 0 Å². The van der Waals surface area contributed by atoms with Crippen LogP contribution in [0.2, 0.25) is 0 Å². The van der Waals surface area contributed by atoms with Crippen LogP contribution in [-0.4, -0.2) is 28.1 Å². The minimum absolute atomic E-state index is 0.115. The molecule has 19 heavy (non-hydrogen) atoms. The van der Waals surface area contributed by atoms with Crippen molar-refractivity contribution in [2.24, 2.45) is 0 Å². The van der Waals surface area contributed by atoms with Gasteiger partial charge in [0.15, 0.2) is 0 Å². The predicted octanol–water partition coefficient (Wildman–Crippen LogP) is 1.36. The monoisotopic (exact) mass is 261 g/mol. The number of imidazole rings is 1. The highest BCUT2D eigenvalue weighted by Crippen LogP contribution is 2.23. The lowest BCUT2D eigenvalue weighted by Gasteiger charge is -2.07. The maximum absolute atomic E-state index is 11.9. The Hall–Kier alpha value is -2.50. The van der Waals surface area contributed by atoms with Crippen LogP contribution in [0.5, 0.6) is 11.5 Å². The zero-order chi connectivity index (χ0) is 13.8. The van der Waals surface area contributed by atoms with Gasteiger partial charge in [-0.2, -0.15) is 0 Å². The molecule has 0 bridgehead atoms. The van der Waals surface area contributed by atoms with E-state index in [1.165, 1.54) is 19.2 Å². The first-order chi connectivity index (χ1) is 9.11. The number of aromatic nitrogens is 2. The Balaban J connectivity index is 2.06. The van der Waals surface area contributed by atoms with E-state index in [0.29, 0.717) is 12.3 Å². The van der Waals surface area contributed by atoms with Crippen molar-refractivity contribution in [3.8, 4) is 11.5 Å². The topological polar surface area (TPSA) is 87.2 Å². The maximum Gasteiger partial charge on any atom is 0.255 e. The number of methoxy groups -OCH3 is 1. The molecule has 2 rings (SSSR count). The molecule has 0 aliphatic heterocycles. The van der Waals surface area contributed by atoms with Crippen LogP contribution in [-0.2, 0) is 6.54 Å². The lowest BCUT2D eigenvalue weighted by Crippen LogP contribution is -2.23.